The summed E-state index contributed by atoms with van der Waals surface area (Å²) in [5.74, 6) is 0.468. The highest BCUT2D eigenvalue weighted by atomic mass is 35.5. The van der Waals surface area contributed by atoms with E-state index in [1.807, 2.05) is 0 Å². The number of amides is 1. The summed E-state index contributed by atoms with van der Waals surface area (Å²) in [5.41, 5.74) is 0.463. The van der Waals surface area contributed by atoms with Gasteiger partial charge in [-0.3, -0.25) is 4.79 Å². The zero-order valence-corrected chi connectivity index (χ0v) is 11.4. The maximum Gasteiger partial charge on any atom is 0.244 e. The third kappa shape index (κ3) is 2.37. The second kappa shape index (κ2) is 4.31. The Bertz CT molecular complexity index is 648. The molecule has 1 aromatic heterocycles. The summed E-state index contributed by atoms with van der Waals surface area (Å²) in [7, 11) is -3.02. The summed E-state index contributed by atoms with van der Waals surface area (Å²) >= 11 is 5.76. The third-order valence-electron chi connectivity index (χ3n) is 3.25. The molecule has 0 bridgehead atoms. The minimum Gasteiger partial charge on any atom is -0.341 e. The Morgan fingerprint density at radius 2 is 2.26 bits per heavy atom. The van der Waals surface area contributed by atoms with Crippen LogP contribution in [0.5, 0.6) is 0 Å². The predicted octanol–water partition coefficient (Wildman–Crippen LogP) is 0.0756. The van der Waals surface area contributed by atoms with Crippen molar-refractivity contribution < 1.29 is 13.2 Å². The van der Waals surface area contributed by atoms with Gasteiger partial charge in [0.25, 0.3) is 0 Å². The van der Waals surface area contributed by atoms with Gasteiger partial charge in [-0.25, -0.2) is 13.4 Å². The molecule has 1 saturated heterocycles. The van der Waals surface area contributed by atoms with Crippen molar-refractivity contribution >= 4 is 38.9 Å². The van der Waals surface area contributed by atoms with Crippen LogP contribution in [0.4, 0.5) is 11.5 Å². The number of aromatic nitrogens is 2. The van der Waals surface area contributed by atoms with E-state index in [-0.39, 0.29) is 35.3 Å². The Kier molecular flexibility index (Phi) is 2.86. The highest BCUT2D eigenvalue weighted by Crippen LogP contribution is 2.31. The number of nitrogens with one attached hydrogen (secondary N) is 1. The Labute approximate surface area is 114 Å². The van der Waals surface area contributed by atoms with Crippen molar-refractivity contribution in [2.45, 2.75) is 12.5 Å². The normalized spacial score (nSPS) is 25.0. The van der Waals surface area contributed by atoms with Gasteiger partial charge in [0.05, 0.1) is 24.2 Å². The fourth-order valence-corrected chi connectivity index (χ4v) is 4.26. The van der Waals surface area contributed by atoms with Crippen LogP contribution < -0.4 is 10.2 Å². The van der Waals surface area contributed by atoms with Gasteiger partial charge in [-0.1, -0.05) is 0 Å². The van der Waals surface area contributed by atoms with Gasteiger partial charge in [0.2, 0.25) is 11.2 Å². The summed E-state index contributed by atoms with van der Waals surface area (Å²) in [6.07, 6.45) is 1.93. The molecule has 3 heterocycles. The molecule has 7 nitrogen and oxygen atoms in total. The molecule has 0 radical (unpaired) electrons. The molecule has 19 heavy (non-hydrogen) atoms. The van der Waals surface area contributed by atoms with Crippen LogP contribution in [0, 0.1) is 0 Å². The minimum atomic E-state index is -3.02. The number of hydrogen-bond donors (Lipinski definition) is 1. The molecular weight excluding hydrogens is 292 g/mol. The van der Waals surface area contributed by atoms with Crippen LogP contribution in [-0.4, -0.2) is 48.4 Å². The number of halogens is 1. The number of carbonyl (C=O) groups is 1. The molecule has 1 amide bonds. The molecule has 3 rings (SSSR count). The molecule has 0 aliphatic carbocycles. The van der Waals surface area contributed by atoms with E-state index in [0.717, 1.165) is 0 Å². The lowest BCUT2D eigenvalue weighted by Crippen LogP contribution is -2.45. The summed E-state index contributed by atoms with van der Waals surface area (Å²) in [6, 6.07) is -0.235. The molecule has 2 aliphatic rings. The van der Waals surface area contributed by atoms with Crippen LogP contribution >= 0.6 is 11.6 Å². The van der Waals surface area contributed by atoms with Gasteiger partial charge in [0.1, 0.15) is 5.69 Å². The minimum absolute atomic E-state index is 0.0430. The average molecular weight is 303 g/mol. The molecular formula is C10H11ClN4O3S. The molecule has 0 aromatic carbocycles. The van der Waals surface area contributed by atoms with E-state index in [1.54, 1.807) is 4.90 Å². The fourth-order valence-electron chi connectivity index (χ4n) is 2.40. The first-order chi connectivity index (χ1) is 8.94. The van der Waals surface area contributed by atoms with Crippen LogP contribution in [0.3, 0.4) is 0 Å². The van der Waals surface area contributed by atoms with Gasteiger partial charge in [-0.05, 0) is 18.0 Å². The zero-order valence-electron chi connectivity index (χ0n) is 9.84. The first kappa shape index (κ1) is 12.6. The molecule has 1 aromatic rings. The lowest BCUT2D eigenvalue weighted by atomic mass is 10.2. The topological polar surface area (TPSA) is 92.3 Å². The number of anilines is 2. The van der Waals surface area contributed by atoms with E-state index in [4.69, 9.17) is 11.6 Å². The van der Waals surface area contributed by atoms with Crippen LogP contribution in [0.15, 0.2) is 6.20 Å². The van der Waals surface area contributed by atoms with Gasteiger partial charge in [-0.15, -0.1) is 0 Å². The SMILES string of the molecule is O=C1CN(C2CCS(=O)(=O)C2)c2nc(Cl)ncc2N1. The summed E-state index contributed by atoms with van der Waals surface area (Å²) in [4.78, 5) is 21.3. The maximum absolute atomic E-state index is 11.6. The molecule has 1 atom stereocenters. The Morgan fingerprint density at radius 3 is 2.95 bits per heavy atom. The average Bonchev–Trinajstić information content (AvgIpc) is 2.69. The number of fused-ring (bicyclic) bond motifs is 1. The van der Waals surface area contributed by atoms with Crippen molar-refractivity contribution in [1.29, 1.82) is 0 Å². The Balaban J connectivity index is 1.99. The predicted molar refractivity (Wildman–Crippen MR) is 70.1 cm³/mol. The molecule has 0 spiro atoms. The number of nitrogens with zero attached hydrogens (tertiary/aromatic N) is 3. The van der Waals surface area contributed by atoms with Gasteiger partial charge in [-0.2, -0.15) is 4.98 Å². The highest BCUT2D eigenvalue weighted by Gasteiger charge is 2.36. The molecule has 2 aliphatic heterocycles. The molecule has 102 valence electrons. The molecule has 1 fully saturated rings. The van der Waals surface area contributed by atoms with Crippen molar-refractivity contribution in [2.24, 2.45) is 0 Å². The first-order valence-electron chi connectivity index (χ1n) is 5.74. The van der Waals surface area contributed by atoms with Crippen LogP contribution in [0.25, 0.3) is 0 Å². The summed E-state index contributed by atoms with van der Waals surface area (Å²) < 4.78 is 23.1. The van der Waals surface area contributed by atoms with Crippen LogP contribution in [-0.2, 0) is 14.6 Å². The van der Waals surface area contributed by atoms with Crippen molar-refractivity contribution in [2.75, 3.05) is 28.3 Å². The monoisotopic (exact) mass is 302 g/mol. The second-order valence-electron chi connectivity index (χ2n) is 4.61. The van der Waals surface area contributed by atoms with E-state index in [2.05, 4.69) is 15.3 Å². The van der Waals surface area contributed by atoms with E-state index in [9.17, 15) is 13.2 Å². The molecule has 0 saturated carbocycles. The quantitative estimate of drug-likeness (QED) is 0.738. The standard InChI is InChI=1S/C10H11ClN4O3S/c11-10-12-3-7-9(14-10)15(4-8(16)13-7)6-1-2-19(17,18)5-6/h3,6H,1-2,4-5H2,(H,13,16). The van der Waals surface area contributed by atoms with E-state index >= 15 is 0 Å². The summed E-state index contributed by atoms with van der Waals surface area (Å²) in [5, 5.41) is 2.72. The van der Waals surface area contributed by atoms with Gasteiger partial charge in [0, 0.05) is 6.04 Å². The van der Waals surface area contributed by atoms with E-state index < -0.39 is 9.84 Å². The second-order valence-corrected chi connectivity index (χ2v) is 7.18. The largest absolute Gasteiger partial charge is 0.341 e. The number of carbonyl (C=O) groups excluding carboxylic acids is 1. The van der Waals surface area contributed by atoms with Crippen LogP contribution in [0.2, 0.25) is 5.28 Å². The molecule has 9 heteroatoms. The zero-order chi connectivity index (χ0) is 13.6. The van der Waals surface area contributed by atoms with Crippen molar-refractivity contribution in [3.8, 4) is 0 Å². The van der Waals surface area contributed by atoms with Gasteiger partial charge in [0.15, 0.2) is 15.7 Å². The molecule has 1 unspecified atom stereocenters. The van der Waals surface area contributed by atoms with Crippen molar-refractivity contribution in [3.63, 3.8) is 0 Å². The third-order valence-corrected chi connectivity index (χ3v) is 5.18. The van der Waals surface area contributed by atoms with Crippen molar-refractivity contribution in [3.05, 3.63) is 11.5 Å². The highest BCUT2D eigenvalue weighted by molar-refractivity contribution is 7.91. The fraction of sp³-hybridized carbons (Fsp3) is 0.500. The van der Waals surface area contributed by atoms with Crippen LogP contribution in [0.1, 0.15) is 6.42 Å². The van der Waals surface area contributed by atoms with Gasteiger partial charge >= 0.3 is 0 Å². The van der Waals surface area contributed by atoms with E-state index in [1.165, 1.54) is 6.20 Å². The maximum atomic E-state index is 11.6. The van der Waals surface area contributed by atoms with E-state index in [0.29, 0.717) is 17.9 Å². The molecule has 1 N–H and O–H groups in total. The number of sulfone groups is 1. The van der Waals surface area contributed by atoms with Gasteiger partial charge < -0.3 is 10.2 Å². The Hall–Kier alpha value is -1.41. The lowest BCUT2D eigenvalue weighted by Gasteiger charge is -2.33. The van der Waals surface area contributed by atoms with Crippen molar-refractivity contribution in [1.82, 2.24) is 9.97 Å². The summed E-state index contributed by atoms with van der Waals surface area (Å²) in [6.45, 7) is 0.0839. The Morgan fingerprint density at radius 1 is 1.47 bits per heavy atom. The first-order valence-corrected chi connectivity index (χ1v) is 7.94. The lowest BCUT2D eigenvalue weighted by molar-refractivity contribution is -0.115. The smallest absolute Gasteiger partial charge is 0.244 e. The number of hydrogen-bond acceptors (Lipinski definition) is 6. The number of rotatable bonds is 1.